The first-order valence-electron chi connectivity index (χ1n) is 9.22. The third-order valence-electron chi connectivity index (χ3n) is 3.83. The number of anilines is 1. The van der Waals surface area contributed by atoms with Crippen molar-refractivity contribution in [2.45, 2.75) is 40.7 Å². The lowest BCUT2D eigenvalue weighted by Gasteiger charge is -2.15. The first-order chi connectivity index (χ1) is 12.0. The van der Waals surface area contributed by atoms with Crippen LogP contribution in [-0.2, 0) is 6.54 Å². The zero-order chi connectivity index (χ0) is 18.1. The maximum absolute atomic E-state index is 5.89. The van der Waals surface area contributed by atoms with Gasteiger partial charge in [0.2, 0.25) is 0 Å². The van der Waals surface area contributed by atoms with Gasteiger partial charge in [0.1, 0.15) is 11.5 Å². The van der Waals surface area contributed by atoms with Crippen molar-refractivity contribution in [2.75, 3.05) is 18.5 Å². The van der Waals surface area contributed by atoms with Crippen molar-refractivity contribution in [3.8, 4) is 11.5 Å². The molecule has 1 N–H and O–H groups in total. The summed E-state index contributed by atoms with van der Waals surface area (Å²) in [5.74, 6) is 3.02. The van der Waals surface area contributed by atoms with Crippen molar-refractivity contribution < 1.29 is 9.47 Å². The Kier molecular flexibility index (Phi) is 7.65. The van der Waals surface area contributed by atoms with E-state index in [1.807, 2.05) is 30.3 Å². The molecule has 0 aromatic heterocycles. The Morgan fingerprint density at radius 2 is 1.56 bits per heavy atom. The van der Waals surface area contributed by atoms with Gasteiger partial charge >= 0.3 is 0 Å². The minimum Gasteiger partial charge on any atom is -0.494 e. The van der Waals surface area contributed by atoms with Gasteiger partial charge in [0.15, 0.2) is 0 Å². The van der Waals surface area contributed by atoms with Gasteiger partial charge in [-0.2, -0.15) is 0 Å². The molecule has 0 saturated carbocycles. The first-order valence-corrected chi connectivity index (χ1v) is 9.22. The maximum Gasteiger partial charge on any atom is 0.142 e. The largest absolute Gasteiger partial charge is 0.494 e. The van der Waals surface area contributed by atoms with Crippen LogP contribution >= 0.6 is 0 Å². The maximum atomic E-state index is 5.89. The summed E-state index contributed by atoms with van der Waals surface area (Å²) in [4.78, 5) is 0. The standard InChI is InChI=1S/C22H31NO2/c1-17(2)13-14-24-20-11-9-19(10-12-20)15-23-21-7-5-6-8-22(21)25-16-18(3)4/h5-12,17-18,23H,13-16H2,1-4H3. The molecule has 2 aromatic rings. The fraction of sp³-hybridized carbons (Fsp3) is 0.455. The van der Waals surface area contributed by atoms with Gasteiger partial charge in [-0.15, -0.1) is 0 Å². The van der Waals surface area contributed by atoms with Crippen LogP contribution in [0.3, 0.4) is 0 Å². The molecule has 2 rings (SSSR count). The second-order valence-electron chi connectivity index (χ2n) is 7.23. The number of rotatable bonds is 10. The lowest BCUT2D eigenvalue weighted by Crippen LogP contribution is -2.07. The van der Waals surface area contributed by atoms with Crippen molar-refractivity contribution in [3.63, 3.8) is 0 Å². The van der Waals surface area contributed by atoms with Gasteiger partial charge < -0.3 is 14.8 Å². The predicted octanol–water partition coefficient (Wildman–Crippen LogP) is 5.76. The average Bonchev–Trinajstić information content (AvgIpc) is 2.59. The molecule has 0 saturated heterocycles. The number of hydrogen-bond acceptors (Lipinski definition) is 3. The highest BCUT2D eigenvalue weighted by Crippen LogP contribution is 2.25. The topological polar surface area (TPSA) is 30.5 Å². The second kappa shape index (κ2) is 9.97. The summed E-state index contributed by atoms with van der Waals surface area (Å²) in [5, 5.41) is 3.47. The molecule has 3 nitrogen and oxygen atoms in total. The summed E-state index contributed by atoms with van der Waals surface area (Å²) in [5.41, 5.74) is 2.25. The van der Waals surface area contributed by atoms with Crippen LogP contribution in [0.2, 0.25) is 0 Å². The molecular formula is C22H31NO2. The third-order valence-corrected chi connectivity index (χ3v) is 3.83. The molecule has 0 spiro atoms. The van der Waals surface area contributed by atoms with Gasteiger partial charge in [0.05, 0.1) is 18.9 Å². The van der Waals surface area contributed by atoms with E-state index in [1.54, 1.807) is 0 Å². The van der Waals surface area contributed by atoms with Crippen LogP contribution in [-0.4, -0.2) is 13.2 Å². The van der Waals surface area contributed by atoms with E-state index < -0.39 is 0 Å². The molecule has 3 heteroatoms. The van der Waals surface area contributed by atoms with E-state index in [-0.39, 0.29) is 0 Å². The number of ether oxygens (including phenoxy) is 2. The normalized spacial score (nSPS) is 11.0. The number of nitrogens with one attached hydrogen (secondary N) is 1. The van der Waals surface area contributed by atoms with E-state index in [2.05, 4.69) is 51.2 Å². The lowest BCUT2D eigenvalue weighted by molar-refractivity contribution is 0.272. The molecule has 0 fully saturated rings. The van der Waals surface area contributed by atoms with Gasteiger partial charge in [-0.1, -0.05) is 52.0 Å². The highest BCUT2D eigenvalue weighted by Gasteiger charge is 2.04. The van der Waals surface area contributed by atoms with Crippen molar-refractivity contribution in [3.05, 3.63) is 54.1 Å². The highest BCUT2D eigenvalue weighted by atomic mass is 16.5. The number of hydrogen-bond donors (Lipinski definition) is 1. The summed E-state index contributed by atoms with van der Waals surface area (Å²) in [6.45, 7) is 11.0. The minimum absolute atomic E-state index is 0.510. The first kappa shape index (κ1) is 19.2. The molecule has 0 amide bonds. The Morgan fingerprint density at radius 1 is 0.840 bits per heavy atom. The van der Waals surface area contributed by atoms with Gasteiger partial charge in [0, 0.05) is 6.54 Å². The van der Waals surface area contributed by atoms with Gasteiger partial charge in [-0.05, 0) is 48.1 Å². The Hall–Kier alpha value is -2.16. The zero-order valence-corrected chi connectivity index (χ0v) is 15.9. The summed E-state index contributed by atoms with van der Waals surface area (Å²) in [6.07, 6.45) is 1.08. The van der Waals surface area contributed by atoms with Crippen molar-refractivity contribution >= 4 is 5.69 Å². The van der Waals surface area contributed by atoms with Gasteiger partial charge in [-0.25, -0.2) is 0 Å². The van der Waals surface area contributed by atoms with Crippen LogP contribution in [0.1, 0.15) is 39.7 Å². The van der Waals surface area contributed by atoms with Crippen LogP contribution in [0.25, 0.3) is 0 Å². The zero-order valence-electron chi connectivity index (χ0n) is 15.9. The van der Waals surface area contributed by atoms with Crippen LogP contribution in [0.15, 0.2) is 48.5 Å². The smallest absolute Gasteiger partial charge is 0.142 e. The Labute approximate surface area is 152 Å². The molecule has 0 aliphatic heterocycles. The Bertz CT molecular complexity index is 620. The van der Waals surface area contributed by atoms with E-state index in [1.165, 1.54) is 5.56 Å². The summed E-state index contributed by atoms with van der Waals surface area (Å²) < 4.78 is 11.7. The van der Waals surface area contributed by atoms with Crippen LogP contribution in [0.5, 0.6) is 11.5 Å². The van der Waals surface area contributed by atoms with E-state index in [9.17, 15) is 0 Å². The van der Waals surface area contributed by atoms with Crippen molar-refractivity contribution in [1.82, 2.24) is 0 Å². The molecule has 0 unspecified atom stereocenters. The Balaban J connectivity index is 1.87. The molecule has 0 atom stereocenters. The molecule has 0 aliphatic carbocycles. The second-order valence-corrected chi connectivity index (χ2v) is 7.23. The van der Waals surface area contributed by atoms with Crippen molar-refractivity contribution in [1.29, 1.82) is 0 Å². The van der Waals surface area contributed by atoms with Gasteiger partial charge in [-0.3, -0.25) is 0 Å². The average molecular weight is 341 g/mol. The van der Waals surface area contributed by atoms with E-state index >= 15 is 0 Å². The molecule has 0 radical (unpaired) electrons. The summed E-state index contributed by atoms with van der Waals surface area (Å²) >= 11 is 0. The number of para-hydroxylation sites is 2. The Morgan fingerprint density at radius 3 is 2.24 bits per heavy atom. The van der Waals surface area contributed by atoms with E-state index in [0.29, 0.717) is 11.8 Å². The highest BCUT2D eigenvalue weighted by molar-refractivity contribution is 5.56. The molecule has 25 heavy (non-hydrogen) atoms. The van der Waals surface area contributed by atoms with Crippen LogP contribution in [0, 0.1) is 11.8 Å². The minimum atomic E-state index is 0.510. The fourth-order valence-corrected chi connectivity index (χ4v) is 2.31. The van der Waals surface area contributed by atoms with Gasteiger partial charge in [0.25, 0.3) is 0 Å². The van der Waals surface area contributed by atoms with Crippen LogP contribution in [0.4, 0.5) is 5.69 Å². The van der Waals surface area contributed by atoms with Crippen molar-refractivity contribution in [2.24, 2.45) is 11.8 Å². The number of benzene rings is 2. The third kappa shape index (κ3) is 7.08. The van der Waals surface area contributed by atoms with E-state index in [0.717, 1.165) is 43.4 Å². The quantitative estimate of drug-likeness (QED) is 0.596. The molecule has 0 aliphatic rings. The molecule has 2 aromatic carbocycles. The summed E-state index contributed by atoms with van der Waals surface area (Å²) in [6, 6.07) is 16.4. The summed E-state index contributed by atoms with van der Waals surface area (Å²) in [7, 11) is 0. The molecule has 0 heterocycles. The van der Waals surface area contributed by atoms with E-state index in [4.69, 9.17) is 9.47 Å². The molecule has 136 valence electrons. The fourth-order valence-electron chi connectivity index (χ4n) is 2.31. The van der Waals surface area contributed by atoms with Crippen LogP contribution < -0.4 is 14.8 Å². The predicted molar refractivity (Wildman–Crippen MR) is 105 cm³/mol. The monoisotopic (exact) mass is 341 g/mol. The molecule has 0 bridgehead atoms. The molecular weight excluding hydrogens is 310 g/mol. The SMILES string of the molecule is CC(C)CCOc1ccc(CNc2ccccc2OCC(C)C)cc1. The lowest BCUT2D eigenvalue weighted by atomic mass is 10.1.